The van der Waals surface area contributed by atoms with Gasteiger partial charge in [-0.2, -0.15) is 0 Å². The van der Waals surface area contributed by atoms with Crippen molar-refractivity contribution in [3.63, 3.8) is 0 Å². The van der Waals surface area contributed by atoms with Gasteiger partial charge in [-0.25, -0.2) is 8.42 Å². The summed E-state index contributed by atoms with van der Waals surface area (Å²) >= 11 is 0. The summed E-state index contributed by atoms with van der Waals surface area (Å²) in [6.07, 6.45) is 5.46. The minimum absolute atomic E-state index is 0.190. The van der Waals surface area contributed by atoms with E-state index in [1.54, 1.807) is 20.0 Å². The van der Waals surface area contributed by atoms with E-state index in [4.69, 9.17) is 4.74 Å². The maximum absolute atomic E-state index is 12.5. The molecule has 1 aliphatic heterocycles. The topological polar surface area (TPSA) is 63.7 Å². The fraction of sp³-hybridized carbons (Fsp3) is 0.786. The van der Waals surface area contributed by atoms with Crippen molar-refractivity contribution in [3.8, 4) is 0 Å². The largest absolute Gasteiger partial charge is 0.465 e. The highest BCUT2D eigenvalue weighted by Gasteiger charge is 2.32. The first-order valence-electron chi connectivity index (χ1n) is 7.28. The summed E-state index contributed by atoms with van der Waals surface area (Å²) in [6, 6.07) is 0. The molecule has 0 N–H and O–H groups in total. The second-order valence-corrected chi connectivity index (χ2v) is 7.31. The van der Waals surface area contributed by atoms with Gasteiger partial charge in [-0.3, -0.25) is 4.79 Å². The first-order chi connectivity index (χ1) is 9.43. The van der Waals surface area contributed by atoms with Crippen molar-refractivity contribution < 1.29 is 17.9 Å². The van der Waals surface area contributed by atoms with Gasteiger partial charge in [0.25, 0.3) is 0 Å². The van der Waals surface area contributed by atoms with Gasteiger partial charge in [0.2, 0.25) is 0 Å². The number of nitrogens with zero attached hydrogens (tertiary/aromatic N) is 1. The van der Waals surface area contributed by atoms with E-state index in [2.05, 4.69) is 0 Å². The zero-order valence-electron chi connectivity index (χ0n) is 12.6. The number of allylic oxidation sites excluding steroid dienone is 1. The van der Waals surface area contributed by atoms with Crippen LogP contribution in [0.15, 0.2) is 11.1 Å². The second kappa shape index (κ2) is 7.67. The molecule has 1 saturated heterocycles. The zero-order valence-corrected chi connectivity index (χ0v) is 13.4. The Balaban J connectivity index is 2.90. The summed E-state index contributed by atoms with van der Waals surface area (Å²) in [6.45, 7) is 6.81. The number of esters is 1. The van der Waals surface area contributed by atoms with Crippen molar-refractivity contribution >= 4 is 15.8 Å². The molecule has 0 amide bonds. The van der Waals surface area contributed by atoms with Crippen molar-refractivity contribution in [1.82, 2.24) is 4.90 Å². The molecule has 0 radical (unpaired) electrons. The summed E-state index contributed by atoms with van der Waals surface area (Å²) in [5, 5.41) is -1.14. The van der Waals surface area contributed by atoms with Gasteiger partial charge >= 0.3 is 5.97 Å². The number of rotatable bonds is 6. The Morgan fingerprint density at radius 2 is 1.85 bits per heavy atom. The number of likely N-dealkylation sites (tertiary alicyclic amines) is 1. The second-order valence-electron chi connectivity index (χ2n) is 4.98. The number of sulfone groups is 1. The molecule has 0 aromatic heterocycles. The van der Waals surface area contributed by atoms with E-state index in [-0.39, 0.29) is 6.61 Å². The summed E-state index contributed by atoms with van der Waals surface area (Å²) in [5.74, 6) is -0.675. The smallest absolute Gasteiger partial charge is 0.324 e. The lowest BCUT2D eigenvalue weighted by atomic mass is 10.1. The summed E-state index contributed by atoms with van der Waals surface area (Å²) in [5.41, 5.74) is 0. The van der Waals surface area contributed by atoms with Crippen molar-refractivity contribution in [2.45, 2.75) is 51.7 Å². The van der Waals surface area contributed by atoms with Crippen molar-refractivity contribution in [1.29, 1.82) is 0 Å². The van der Waals surface area contributed by atoms with E-state index in [0.717, 1.165) is 25.9 Å². The molecule has 20 heavy (non-hydrogen) atoms. The standard InChI is InChI=1S/C14H25NO4S/c1-4-13(11-15-9-7-6-8-10-15)20(17,18)12(3)14(16)19-5-2/h11-12H,4-10H2,1-3H3/b13-11-. The predicted molar refractivity (Wildman–Crippen MR) is 78.8 cm³/mol. The van der Waals surface area contributed by atoms with E-state index < -0.39 is 21.1 Å². The molecule has 1 aliphatic rings. The highest BCUT2D eigenvalue weighted by atomic mass is 32.2. The number of hydrogen-bond donors (Lipinski definition) is 0. The molecule has 6 heteroatoms. The third-order valence-corrected chi connectivity index (χ3v) is 5.76. The molecule has 0 spiro atoms. The number of piperidine rings is 1. The van der Waals surface area contributed by atoms with Gasteiger partial charge in [0.15, 0.2) is 15.1 Å². The van der Waals surface area contributed by atoms with Gasteiger partial charge in [-0.15, -0.1) is 0 Å². The van der Waals surface area contributed by atoms with Gasteiger partial charge in [-0.05, 0) is 39.5 Å². The Hall–Kier alpha value is -1.04. The van der Waals surface area contributed by atoms with Crippen molar-refractivity contribution in [3.05, 3.63) is 11.1 Å². The van der Waals surface area contributed by atoms with Crippen molar-refractivity contribution in [2.24, 2.45) is 0 Å². The molecule has 1 fully saturated rings. The van der Waals surface area contributed by atoms with E-state index in [9.17, 15) is 13.2 Å². The minimum Gasteiger partial charge on any atom is -0.465 e. The van der Waals surface area contributed by atoms with Gasteiger partial charge < -0.3 is 9.64 Å². The predicted octanol–water partition coefficient (Wildman–Crippen LogP) is 2.09. The number of ether oxygens (including phenoxy) is 1. The molecule has 0 aromatic rings. The van der Waals surface area contributed by atoms with Crippen LogP contribution in [0, 0.1) is 0 Å². The van der Waals surface area contributed by atoms with Gasteiger partial charge in [-0.1, -0.05) is 6.92 Å². The first kappa shape index (κ1) is 17.0. The number of carbonyl (C=O) groups is 1. The van der Waals surface area contributed by atoms with Crippen LogP contribution in [0.4, 0.5) is 0 Å². The molecule has 0 aliphatic carbocycles. The average Bonchev–Trinajstić information content (AvgIpc) is 2.45. The molecule has 0 aromatic carbocycles. The Morgan fingerprint density at radius 1 is 1.25 bits per heavy atom. The highest BCUT2D eigenvalue weighted by Crippen LogP contribution is 2.20. The quantitative estimate of drug-likeness (QED) is 0.703. The zero-order chi connectivity index (χ0) is 15.2. The third kappa shape index (κ3) is 4.23. The van der Waals surface area contributed by atoms with Gasteiger partial charge in [0.05, 0.1) is 11.5 Å². The van der Waals surface area contributed by atoms with Gasteiger partial charge in [0, 0.05) is 19.3 Å². The molecule has 1 unspecified atom stereocenters. The van der Waals surface area contributed by atoms with Crippen LogP contribution in [-0.4, -0.2) is 44.2 Å². The fourth-order valence-electron chi connectivity index (χ4n) is 2.23. The lowest BCUT2D eigenvalue weighted by molar-refractivity contribution is -0.142. The van der Waals surface area contributed by atoms with Crippen LogP contribution in [0.2, 0.25) is 0 Å². The van der Waals surface area contributed by atoms with Crippen LogP contribution >= 0.6 is 0 Å². The van der Waals surface area contributed by atoms with E-state index in [1.165, 1.54) is 13.3 Å². The maximum Gasteiger partial charge on any atom is 0.324 e. The first-order valence-corrected chi connectivity index (χ1v) is 8.83. The Kier molecular flexibility index (Phi) is 6.52. The number of hydrogen-bond acceptors (Lipinski definition) is 5. The average molecular weight is 303 g/mol. The lowest BCUT2D eigenvalue weighted by Gasteiger charge is -2.26. The molecule has 0 saturated carbocycles. The Labute approximate surface area is 121 Å². The molecule has 1 rings (SSSR count). The normalized spacial score (nSPS) is 18.8. The monoisotopic (exact) mass is 303 g/mol. The summed E-state index contributed by atoms with van der Waals surface area (Å²) < 4.78 is 29.7. The van der Waals surface area contributed by atoms with Crippen LogP contribution in [0.25, 0.3) is 0 Å². The molecular formula is C14H25NO4S. The lowest BCUT2D eigenvalue weighted by Crippen LogP contribution is -2.32. The van der Waals surface area contributed by atoms with Crippen LogP contribution in [0.1, 0.15) is 46.5 Å². The summed E-state index contributed by atoms with van der Waals surface area (Å²) in [7, 11) is -3.63. The van der Waals surface area contributed by atoms with Crippen LogP contribution in [-0.2, 0) is 19.4 Å². The van der Waals surface area contributed by atoms with Gasteiger partial charge in [0.1, 0.15) is 0 Å². The Morgan fingerprint density at radius 3 is 2.35 bits per heavy atom. The number of carbonyl (C=O) groups excluding carboxylic acids is 1. The fourth-order valence-corrected chi connectivity index (χ4v) is 3.70. The molecule has 0 bridgehead atoms. The molecular weight excluding hydrogens is 278 g/mol. The highest BCUT2D eigenvalue weighted by molar-refractivity contribution is 7.96. The molecule has 116 valence electrons. The summed E-state index contributed by atoms with van der Waals surface area (Å²) in [4.78, 5) is 14.0. The van der Waals surface area contributed by atoms with Crippen LogP contribution < -0.4 is 0 Å². The Bertz CT molecular complexity index is 450. The third-order valence-electron chi connectivity index (χ3n) is 3.52. The van der Waals surface area contributed by atoms with E-state index in [0.29, 0.717) is 11.3 Å². The van der Waals surface area contributed by atoms with Crippen LogP contribution in [0.3, 0.4) is 0 Å². The maximum atomic E-state index is 12.5. The SMILES string of the molecule is CCOC(=O)C(C)S(=O)(=O)/C(=C\N1CCCCC1)CC. The van der Waals surface area contributed by atoms with Crippen LogP contribution in [0.5, 0.6) is 0 Å². The molecule has 1 atom stereocenters. The minimum atomic E-state index is -3.63. The molecule has 1 heterocycles. The van der Waals surface area contributed by atoms with E-state index in [1.807, 2.05) is 4.90 Å². The molecule has 5 nitrogen and oxygen atoms in total. The van der Waals surface area contributed by atoms with E-state index >= 15 is 0 Å². The van der Waals surface area contributed by atoms with Crippen molar-refractivity contribution in [2.75, 3.05) is 19.7 Å².